The summed E-state index contributed by atoms with van der Waals surface area (Å²) in [6.45, 7) is 4.16. The van der Waals surface area contributed by atoms with Crippen LogP contribution in [0.15, 0.2) is 53.7 Å². The van der Waals surface area contributed by atoms with Crippen LogP contribution in [0.3, 0.4) is 0 Å². The number of non-ortho nitro benzene ring substituents is 1. The Labute approximate surface area is 172 Å². The molecule has 0 atom stereocenters. The molecule has 2 aromatic carbocycles. The van der Waals surface area contributed by atoms with E-state index in [0.29, 0.717) is 22.5 Å². The van der Waals surface area contributed by atoms with Crippen molar-refractivity contribution in [3.63, 3.8) is 0 Å². The van der Waals surface area contributed by atoms with Crippen LogP contribution in [0.1, 0.15) is 25.3 Å². The van der Waals surface area contributed by atoms with E-state index in [1.165, 1.54) is 23.9 Å². The van der Waals surface area contributed by atoms with Crippen LogP contribution in [0.4, 0.5) is 11.4 Å². The van der Waals surface area contributed by atoms with Crippen molar-refractivity contribution in [2.75, 3.05) is 11.1 Å². The number of hydrogen-bond acceptors (Lipinski definition) is 6. The molecule has 0 fully saturated rings. The summed E-state index contributed by atoms with van der Waals surface area (Å²) in [6, 6.07) is 14.0. The summed E-state index contributed by atoms with van der Waals surface area (Å²) >= 11 is 1.26. The Balaban J connectivity index is 1.69. The second-order valence-electron chi connectivity index (χ2n) is 6.75. The molecular weight excluding hydrogens is 390 g/mol. The maximum atomic E-state index is 12.4. The third-order valence-corrected chi connectivity index (χ3v) is 5.36. The summed E-state index contributed by atoms with van der Waals surface area (Å²) in [5, 5.41) is 22.7. The zero-order valence-corrected chi connectivity index (χ0v) is 17.1. The predicted molar refractivity (Wildman–Crippen MR) is 113 cm³/mol. The summed E-state index contributed by atoms with van der Waals surface area (Å²) in [7, 11) is 1.77. The molecule has 0 bridgehead atoms. The fraction of sp³-hybridized carbons (Fsp3) is 0.250. The summed E-state index contributed by atoms with van der Waals surface area (Å²) in [4.78, 5) is 22.9. The lowest BCUT2D eigenvalue weighted by molar-refractivity contribution is -0.384. The second kappa shape index (κ2) is 8.87. The summed E-state index contributed by atoms with van der Waals surface area (Å²) in [5.41, 5.74) is 2.47. The van der Waals surface area contributed by atoms with Gasteiger partial charge in [0.25, 0.3) is 5.69 Å². The van der Waals surface area contributed by atoms with Gasteiger partial charge in [0.15, 0.2) is 11.0 Å². The first-order valence-electron chi connectivity index (χ1n) is 9.02. The number of benzene rings is 2. The van der Waals surface area contributed by atoms with Gasteiger partial charge in [0.1, 0.15) is 0 Å². The van der Waals surface area contributed by atoms with Crippen molar-refractivity contribution in [3.05, 3.63) is 64.2 Å². The van der Waals surface area contributed by atoms with Gasteiger partial charge in [-0.25, -0.2) is 0 Å². The lowest BCUT2D eigenvalue weighted by Crippen LogP contribution is -2.16. The van der Waals surface area contributed by atoms with Gasteiger partial charge in [0, 0.05) is 30.4 Å². The molecule has 0 radical (unpaired) electrons. The number of amides is 1. The molecule has 0 aliphatic heterocycles. The third-order valence-electron chi connectivity index (χ3n) is 4.34. The molecule has 0 unspecified atom stereocenters. The number of hydrogen-bond donors (Lipinski definition) is 1. The first-order valence-corrected chi connectivity index (χ1v) is 10.0. The molecule has 29 heavy (non-hydrogen) atoms. The molecule has 0 saturated carbocycles. The number of rotatable bonds is 7. The highest BCUT2D eigenvalue weighted by Gasteiger charge is 2.16. The second-order valence-corrected chi connectivity index (χ2v) is 7.69. The number of nitrogens with one attached hydrogen (secondary N) is 1. The van der Waals surface area contributed by atoms with Crippen molar-refractivity contribution in [2.24, 2.45) is 7.05 Å². The van der Waals surface area contributed by atoms with Crippen molar-refractivity contribution in [3.8, 4) is 11.4 Å². The Bertz CT molecular complexity index is 1050. The molecule has 1 heterocycles. The molecule has 3 aromatic rings. The van der Waals surface area contributed by atoms with Gasteiger partial charge >= 0.3 is 0 Å². The smallest absolute Gasteiger partial charge is 0.270 e. The molecule has 0 spiro atoms. The summed E-state index contributed by atoms with van der Waals surface area (Å²) in [6.07, 6.45) is 0. The van der Waals surface area contributed by atoms with Gasteiger partial charge in [0.05, 0.1) is 10.7 Å². The lowest BCUT2D eigenvalue weighted by Gasteiger charge is -2.13. The molecule has 9 heteroatoms. The highest BCUT2D eigenvalue weighted by molar-refractivity contribution is 7.99. The minimum atomic E-state index is -0.450. The number of carbonyl (C=O) groups excluding carboxylic acids is 1. The summed E-state index contributed by atoms with van der Waals surface area (Å²) < 4.78 is 1.72. The van der Waals surface area contributed by atoms with Crippen LogP contribution in [0.2, 0.25) is 0 Å². The van der Waals surface area contributed by atoms with Crippen molar-refractivity contribution >= 4 is 29.0 Å². The predicted octanol–water partition coefficient (Wildman–Crippen LogP) is 4.24. The van der Waals surface area contributed by atoms with Crippen LogP contribution in [0.25, 0.3) is 11.4 Å². The zero-order valence-electron chi connectivity index (χ0n) is 16.3. The molecular formula is C20H21N5O3S. The largest absolute Gasteiger partial charge is 0.325 e. The number of nitro groups is 1. The van der Waals surface area contributed by atoms with Gasteiger partial charge in [-0.2, -0.15) is 0 Å². The van der Waals surface area contributed by atoms with Crippen molar-refractivity contribution in [1.29, 1.82) is 0 Å². The topological polar surface area (TPSA) is 103 Å². The molecule has 1 aromatic heterocycles. The maximum absolute atomic E-state index is 12.4. The lowest BCUT2D eigenvalue weighted by atomic mass is 10.0. The molecule has 150 valence electrons. The Hall–Kier alpha value is -3.20. The highest BCUT2D eigenvalue weighted by atomic mass is 32.2. The Morgan fingerprint density at radius 1 is 1.21 bits per heavy atom. The van der Waals surface area contributed by atoms with Gasteiger partial charge in [0.2, 0.25) is 5.91 Å². The number of anilines is 1. The van der Waals surface area contributed by atoms with Gasteiger partial charge in [-0.1, -0.05) is 55.9 Å². The van der Waals surface area contributed by atoms with E-state index in [-0.39, 0.29) is 17.3 Å². The fourth-order valence-electron chi connectivity index (χ4n) is 2.88. The van der Waals surface area contributed by atoms with Gasteiger partial charge < -0.3 is 9.88 Å². The van der Waals surface area contributed by atoms with Crippen LogP contribution < -0.4 is 5.32 Å². The molecule has 0 saturated heterocycles. The normalized spacial score (nSPS) is 10.9. The van der Waals surface area contributed by atoms with Crippen molar-refractivity contribution < 1.29 is 9.72 Å². The van der Waals surface area contributed by atoms with Crippen LogP contribution >= 0.6 is 11.8 Å². The van der Waals surface area contributed by atoms with Gasteiger partial charge in [-0.15, -0.1) is 10.2 Å². The van der Waals surface area contributed by atoms with Crippen LogP contribution in [-0.4, -0.2) is 31.3 Å². The molecule has 1 amide bonds. The van der Waals surface area contributed by atoms with E-state index in [2.05, 4.69) is 29.4 Å². The van der Waals surface area contributed by atoms with E-state index in [9.17, 15) is 14.9 Å². The van der Waals surface area contributed by atoms with Crippen LogP contribution in [-0.2, 0) is 11.8 Å². The number of nitro benzene ring substituents is 1. The minimum absolute atomic E-state index is 0.0112. The average molecular weight is 411 g/mol. The molecule has 0 aliphatic carbocycles. The number of carbonyl (C=O) groups is 1. The SMILES string of the molecule is CC(C)c1ccccc1NC(=O)CSc1nnc(-c2cccc([N+](=O)[O-])c2)n1C. The fourth-order valence-corrected chi connectivity index (χ4v) is 3.59. The van der Waals surface area contributed by atoms with Crippen LogP contribution in [0.5, 0.6) is 0 Å². The quantitative estimate of drug-likeness (QED) is 0.354. The van der Waals surface area contributed by atoms with E-state index in [4.69, 9.17) is 0 Å². The maximum Gasteiger partial charge on any atom is 0.270 e. The zero-order chi connectivity index (χ0) is 21.0. The standard InChI is InChI=1S/C20H21N5O3S/c1-13(2)16-9-4-5-10-17(16)21-18(26)12-29-20-23-22-19(24(20)3)14-7-6-8-15(11-14)25(27)28/h4-11,13H,12H2,1-3H3,(H,21,26). The number of thioether (sulfide) groups is 1. The average Bonchev–Trinajstić information content (AvgIpc) is 3.07. The van der Waals surface area contributed by atoms with Crippen molar-refractivity contribution in [1.82, 2.24) is 14.8 Å². The molecule has 1 N–H and O–H groups in total. The van der Waals surface area contributed by atoms with E-state index in [1.54, 1.807) is 23.7 Å². The monoisotopic (exact) mass is 411 g/mol. The van der Waals surface area contributed by atoms with Gasteiger partial charge in [-0.3, -0.25) is 14.9 Å². The number of para-hydroxylation sites is 1. The van der Waals surface area contributed by atoms with Gasteiger partial charge in [-0.05, 0) is 17.5 Å². The van der Waals surface area contributed by atoms with E-state index >= 15 is 0 Å². The molecule has 3 rings (SSSR count). The Morgan fingerprint density at radius 2 is 1.97 bits per heavy atom. The van der Waals surface area contributed by atoms with Crippen LogP contribution in [0, 0.1) is 10.1 Å². The number of nitrogens with zero attached hydrogens (tertiary/aromatic N) is 4. The van der Waals surface area contributed by atoms with E-state index in [1.807, 2.05) is 24.3 Å². The first-order chi connectivity index (χ1) is 13.9. The van der Waals surface area contributed by atoms with Crippen molar-refractivity contribution in [2.45, 2.75) is 24.9 Å². The van der Waals surface area contributed by atoms with E-state index in [0.717, 1.165) is 11.3 Å². The molecule has 8 nitrogen and oxygen atoms in total. The number of aromatic nitrogens is 3. The Kier molecular flexibility index (Phi) is 6.28. The molecule has 0 aliphatic rings. The third kappa shape index (κ3) is 4.80. The highest BCUT2D eigenvalue weighted by Crippen LogP contribution is 2.26. The summed E-state index contributed by atoms with van der Waals surface area (Å²) in [5.74, 6) is 0.841. The minimum Gasteiger partial charge on any atom is -0.325 e. The Morgan fingerprint density at radius 3 is 2.69 bits per heavy atom. The first kappa shape index (κ1) is 20.5. The van der Waals surface area contributed by atoms with E-state index < -0.39 is 4.92 Å².